The third kappa shape index (κ3) is 4.03. The van der Waals surface area contributed by atoms with E-state index >= 15 is 0 Å². The van der Waals surface area contributed by atoms with Crippen LogP contribution in [0, 0.1) is 20.8 Å². The van der Waals surface area contributed by atoms with Crippen LogP contribution in [-0.4, -0.2) is 11.0 Å². The summed E-state index contributed by atoms with van der Waals surface area (Å²) in [6.07, 6.45) is 3.06. The lowest BCUT2D eigenvalue weighted by Gasteiger charge is -2.04. The standard InChI is InChI=1S/C15H15NO2S/c1-10-6-11(2)8-14(7-10)18-15(17)5-4-13-9-19-12(3)16-13/h4-9H,1-3H3/b5-4+. The minimum atomic E-state index is -0.393. The van der Waals surface area contributed by atoms with Crippen molar-refractivity contribution >= 4 is 23.4 Å². The third-order valence-electron chi connectivity index (χ3n) is 2.44. The average Bonchev–Trinajstić information content (AvgIpc) is 2.71. The molecule has 0 aliphatic rings. The van der Waals surface area contributed by atoms with Crippen molar-refractivity contribution in [2.45, 2.75) is 20.8 Å². The number of nitrogens with zero attached hydrogens (tertiary/aromatic N) is 1. The topological polar surface area (TPSA) is 39.2 Å². The minimum Gasteiger partial charge on any atom is -0.423 e. The fourth-order valence-electron chi connectivity index (χ4n) is 1.75. The molecular formula is C15H15NO2S. The molecule has 1 aromatic carbocycles. The van der Waals surface area contributed by atoms with Crippen LogP contribution in [0.2, 0.25) is 0 Å². The maximum Gasteiger partial charge on any atom is 0.336 e. The highest BCUT2D eigenvalue weighted by Gasteiger charge is 2.02. The van der Waals surface area contributed by atoms with E-state index < -0.39 is 5.97 Å². The van der Waals surface area contributed by atoms with Crippen LogP contribution >= 0.6 is 11.3 Å². The van der Waals surface area contributed by atoms with Crippen molar-refractivity contribution in [3.63, 3.8) is 0 Å². The lowest BCUT2D eigenvalue weighted by Crippen LogP contribution is -2.04. The monoisotopic (exact) mass is 273 g/mol. The van der Waals surface area contributed by atoms with Crippen molar-refractivity contribution in [2.24, 2.45) is 0 Å². The van der Waals surface area contributed by atoms with Crippen LogP contribution in [0.25, 0.3) is 6.08 Å². The molecule has 0 atom stereocenters. The van der Waals surface area contributed by atoms with Crippen molar-refractivity contribution in [1.82, 2.24) is 4.98 Å². The molecule has 0 saturated heterocycles. The van der Waals surface area contributed by atoms with Crippen molar-refractivity contribution in [2.75, 3.05) is 0 Å². The lowest BCUT2D eigenvalue weighted by molar-refractivity contribution is -0.128. The molecule has 0 aliphatic carbocycles. The number of carbonyl (C=O) groups is 1. The highest BCUT2D eigenvalue weighted by atomic mass is 32.1. The number of hydrogen-bond acceptors (Lipinski definition) is 4. The van der Waals surface area contributed by atoms with Gasteiger partial charge in [0.05, 0.1) is 10.7 Å². The molecule has 0 radical (unpaired) electrons. The molecule has 0 aliphatic heterocycles. The summed E-state index contributed by atoms with van der Waals surface area (Å²) in [4.78, 5) is 15.9. The van der Waals surface area contributed by atoms with Crippen molar-refractivity contribution in [1.29, 1.82) is 0 Å². The first kappa shape index (κ1) is 13.5. The first-order valence-corrected chi connectivity index (χ1v) is 6.81. The zero-order valence-electron chi connectivity index (χ0n) is 11.1. The summed E-state index contributed by atoms with van der Waals surface area (Å²) >= 11 is 1.55. The van der Waals surface area contributed by atoms with Gasteiger partial charge in [-0.25, -0.2) is 9.78 Å². The minimum absolute atomic E-state index is 0.393. The van der Waals surface area contributed by atoms with Crippen LogP contribution in [0.3, 0.4) is 0 Å². The number of esters is 1. The third-order valence-corrected chi connectivity index (χ3v) is 3.23. The summed E-state index contributed by atoms with van der Waals surface area (Å²) in [5, 5.41) is 2.87. The molecule has 2 rings (SSSR count). The normalized spacial score (nSPS) is 10.9. The van der Waals surface area contributed by atoms with E-state index in [-0.39, 0.29) is 0 Å². The molecule has 1 heterocycles. The summed E-state index contributed by atoms with van der Waals surface area (Å²) < 4.78 is 5.25. The molecule has 0 unspecified atom stereocenters. The molecule has 0 amide bonds. The number of aryl methyl sites for hydroxylation is 3. The van der Waals surface area contributed by atoms with Crippen LogP contribution in [0.5, 0.6) is 5.75 Å². The predicted molar refractivity (Wildman–Crippen MR) is 77.4 cm³/mol. The van der Waals surface area contributed by atoms with E-state index in [1.165, 1.54) is 6.08 Å². The number of benzene rings is 1. The molecule has 0 spiro atoms. The fourth-order valence-corrected chi connectivity index (χ4v) is 2.33. The van der Waals surface area contributed by atoms with Gasteiger partial charge in [0.2, 0.25) is 0 Å². The fraction of sp³-hybridized carbons (Fsp3) is 0.200. The van der Waals surface area contributed by atoms with Gasteiger partial charge >= 0.3 is 5.97 Å². The SMILES string of the molecule is Cc1cc(C)cc(OC(=O)/C=C/c2csc(C)n2)c1. The zero-order valence-corrected chi connectivity index (χ0v) is 12.0. The Balaban J connectivity index is 2.03. The second-order valence-corrected chi connectivity index (χ2v) is 5.43. The van der Waals surface area contributed by atoms with Gasteiger partial charge in [0.15, 0.2) is 0 Å². The summed E-state index contributed by atoms with van der Waals surface area (Å²) in [6, 6.07) is 5.71. The van der Waals surface area contributed by atoms with Gasteiger partial charge in [-0.05, 0) is 50.1 Å². The van der Waals surface area contributed by atoms with Crippen molar-refractivity contribution in [3.8, 4) is 5.75 Å². The Hall–Kier alpha value is -1.94. The van der Waals surface area contributed by atoms with E-state index in [9.17, 15) is 4.79 Å². The van der Waals surface area contributed by atoms with E-state index in [2.05, 4.69) is 4.98 Å². The number of carbonyl (C=O) groups excluding carboxylic acids is 1. The van der Waals surface area contributed by atoms with Crippen LogP contribution in [0.15, 0.2) is 29.7 Å². The van der Waals surface area contributed by atoms with Crippen LogP contribution in [0.1, 0.15) is 21.8 Å². The number of rotatable bonds is 3. The van der Waals surface area contributed by atoms with E-state index in [1.54, 1.807) is 17.4 Å². The van der Waals surface area contributed by atoms with Crippen molar-refractivity contribution < 1.29 is 9.53 Å². The summed E-state index contributed by atoms with van der Waals surface area (Å²) in [5.41, 5.74) is 2.92. The average molecular weight is 273 g/mol. The summed E-state index contributed by atoms with van der Waals surface area (Å²) in [7, 11) is 0. The highest BCUT2D eigenvalue weighted by molar-refractivity contribution is 7.09. The van der Waals surface area contributed by atoms with Gasteiger partial charge in [0, 0.05) is 11.5 Å². The molecule has 1 aromatic heterocycles. The Labute approximate surface area is 116 Å². The quantitative estimate of drug-likeness (QED) is 0.486. The molecule has 0 saturated carbocycles. The maximum atomic E-state index is 11.7. The van der Waals surface area contributed by atoms with Crippen LogP contribution < -0.4 is 4.74 Å². The number of thiazole rings is 1. The Morgan fingerprint density at radius 1 is 1.21 bits per heavy atom. The van der Waals surface area contributed by atoms with Gasteiger partial charge in [-0.2, -0.15) is 0 Å². The van der Waals surface area contributed by atoms with Crippen LogP contribution in [0.4, 0.5) is 0 Å². The van der Waals surface area contributed by atoms with E-state index in [0.717, 1.165) is 21.8 Å². The molecule has 2 aromatic rings. The number of aromatic nitrogens is 1. The molecule has 0 bridgehead atoms. The molecular weight excluding hydrogens is 258 g/mol. The van der Waals surface area contributed by atoms with Gasteiger partial charge in [-0.3, -0.25) is 0 Å². The Bertz CT molecular complexity index is 609. The van der Waals surface area contributed by atoms with Gasteiger partial charge in [-0.1, -0.05) is 6.07 Å². The predicted octanol–water partition coefficient (Wildman–Crippen LogP) is 3.69. The Kier molecular flexibility index (Phi) is 4.12. The van der Waals surface area contributed by atoms with Crippen molar-refractivity contribution in [3.05, 3.63) is 51.5 Å². The largest absolute Gasteiger partial charge is 0.423 e. The smallest absolute Gasteiger partial charge is 0.336 e. The molecule has 3 nitrogen and oxygen atoms in total. The molecule has 19 heavy (non-hydrogen) atoms. The highest BCUT2D eigenvalue weighted by Crippen LogP contribution is 2.16. The van der Waals surface area contributed by atoms with Gasteiger partial charge in [-0.15, -0.1) is 11.3 Å². The summed E-state index contributed by atoms with van der Waals surface area (Å²) in [6.45, 7) is 5.87. The first-order chi connectivity index (χ1) is 9.02. The molecule has 4 heteroatoms. The second kappa shape index (κ2) is 5.80. The first-order valence-electron chi connectivity index (χ1n) is 5.93. The van der Waals surface area contributed by atoms with Gasteiger partial charge < -0.3 is 4.74 Å². The number of hydrogen-bond donors (Lipinski definition) is 0. The molecule has 0 N–H and O–H groups in total. The van der Waals surface area contributed by atoms with Gasteiger partial charge in [0.1, 0.15) is 5.75 Å². The Morgan fingerprint density at radius 3 is 2.47 bits per heavy atom. The van der Waals surface area contributed by atoms with Crippen LogP contribution in [-0.2, 0) is 4.79 Å². The van der Waals surface area contributed by atoms with E-state index in [0.29, 0.717) is 5.75 Å². The van der Waals surface area contributed by atoms with Gasteiger partial charge in [0.25, 0.3) is 0 Å². The maximum absolute atomic E-state index is 11.7. The van der Waals surface area contributed by atoms with E-state index in [1.807, 2.05) is 44.4 Å². The lowest BCUT2D eigenvalue weighted by atomic mass is 10.1. The number of ether oxygens (including phenoxy) is 1. The van der Waals surface area contributed by atoms with E-state index in [4.69, 9.17) is 4.74 Å². The molecule has 98 valence electrons. The molecule has 0 fully saturated rings. The Morgan fingerprint density at radius 2 is 1.89 bits per heavy atom. The second-order valence-electron chi connectivity index (χ2n) is 4.37. The zero-order chi connectivity index (χ0) is 13.8. The summed E-state index contributed by atoms with van der Waals surface area (Å²) in [5.74, 6) is 0.178.